The van der Waals surface area contributed by atoms with Gasteiger partial charge >= 0.3 is 0 Å². The lowest BCUT2D eigenvalue weighted by Gasteiger charge is -2.15. The predicted molar refractivity (Wildman–Crippen MR) is 67.7 cm³/mol. The minimum Gasteiger partial charge on any atom is -0.378 e. The average molecular weight is 227 g/mol. The van der Waals surface area contributed by atoms with Crippen molar-refractivity contribution in [3.63, 3.8) is 0 Å². The zero-order valence-electron chi connectivity index (χ0n) is 9.70. The highest BCUT2D eigenvalue weighted by atomic mass is 19.1. The number of rotatable bonds is 0. The summed E-state index contributed by atoms with van der Waals surface area (Å²) in [5.41, 5.74) is 4.68. The first kappa shape index (κ1) is 10.3. The first-order valence-electron chi connectivity index (χ1n) is 5.87. The summed E-state index contributed by atoms with van der Waals surface area (Å²) in [6, 6.07) is 13.6. The normalized spacial score (nSPS) is 17.6. The molecule has 2 aromatic carbocycles. The summed E-state index contributed by atoms with van der Waals surface area (Å²) in [5.74, 6) is -0.186. The third-order valence-corrected chi connectivity index (χ3v) is 3.35. The molecule has 2 heteroatoms. The molecule has 1 heterocycles. The van der Waals surface area contributed by atoms with Gasteiger partial charge in [-0.25, -0.2) is 4.39 Å². The number of anilines is 1. The molecule has 0 fully saturated rings. The fourth-order valence-corrected chi connectivity index (χ4v) is 2.47. The molecule has 1 nitrogen and oxygen atoms in total. The molecule has 17 heavy (non-hydrogen) atoms. The van der Waals surface area contributed by atoms with Crippen LogP contribution in [0.25, 0.3) is 0 Å². The number of benzene rings is 2. The van der Waals surface area contributed by atoms with E-state index in [4.69, 9.17) is 0 Å². The van der Waals surface area contributed by atoms with E-state index in [2.05, 4.69) is 30.4 Å². The van der Waals surface area contributed by atoms with E-state index in [0.29, 0.717) is 0 Å². The lowest BCUT2D eigenvalue weighted by atomic mass is 9.98. The molecule has 86 valence electrons. The Morgan fingerprint density at radius 1 is 1.12 bits per heavy atom. The van der Waals surface area contributed by atoms with Gasteiger partial charge < -0.3 is 5.32 Å². The zero-order chi connectivity index (χ0) is 11.8. The van der Waals surface area contributed by atoms with E-state index >= 15 is 0 Å². The molecule has 0 bridgehead atoms. The van der Waals surface area contributed by atoms with Crippen LogP contribution in [0.5, 0.6) is 0 Å². The summed E-state index contributed by atoms with van der Waals surface area (Å²) < 4.78 is 13.2. The Kier molecular flexibility index (Phi) is 2.36. The predicted octanol–water partition coefficient (Wildman–Crippen LogP) is 3.90. The number of hydrogen-bond donors (Lipinski definition) is 1. The van der Waals surface area contributed by atoms with E-state index in [1.54, 1.807) is 6.07 Å². The van der Waals surface area contributed by atoms with Crippen molar-refractivity contribution < 1.29 is 4.39 Å². The highest BCUT2D eigenvalue weighted by Crippen LogP contribution is 2.32. The van der Waals surface area contributed by atoms with Crippen LogP contribution in [0, 0.1) is 5.82 Å². The average Bonchev–Trinajstić information content (AvgIpc) is 2.46. The Morgan fingerprint density at radius 2 is 1.94 bits per heavy atom. The number of nitrogens with one attached hydrogen (secondary N) is 1. The van der Waals surface area contributed by atoms with Crippen LogP contribution in [0.1, 0.15) is 29.7 Å². The highest BCUT2D eigenvalue weighted by molar-refractivity contribution is 5.57. The van der Waals surface area contributed by atoms with Crippen molar-refractivity contribution in [2.75, 3.05) is 5.32 Å². The maximum Gasteiger partial charge on any atom is 0.125 e. The number of fused-ring (bicyclic) bond motifs is 2. The summed E-state index contributed by atoms with van der Waals surface area (Å²) in [5, 5.41) is 3.38. The summed E-state index contributed by atoms with van der Waals surface area (Å²) in [7, 11) is 0. The smallest absolute Gasteiger partial charge is 0.125 e. The number of hydrogen-bond acceptors (Lipinski definition) is 1. The quantitative estimate of drug-likeness (QED) is 0.719. The van der Waals surface area contributed by atoms with Crippen molar-refractivity contribution >= 4 is 5.69 Å². The molecular formula is C15H14FN. The Balaban J connectivity index is 2.13. The second-order valence-corrected chi connectivity index (χ2v) is 4.54. The molecule has 1 N–H and O–H groups in total. The van der Waals surface area contributed by atoms with Crippen LogP contribution < -0.4 is 5.32 Å². The SMILES string of the molecule is C[C@@H]1Nc2cc(F)ccc2Cc2ccccc21. The fraction of sp³-hybridized carbons (Fsp3) is 0.200. The van der Waals surface area contributed by atoms with Crippen LogP contribution in [0.2, 0.25) is 0 Å². The van der Waals surface area contributed by atoms with Gasteiger partial charge in [-0.15, -0.1) is 0 Å². The van der Waals surface area contributed by atoms with Gasteiger partial charge in [0.15, 0.2) is 0 Å². The third kappa shape index (κ3) is 1.80. The highest BCUT2D eigenvalue weighted by Gasteiger charge is 2.17. The van der Waals surface area contributed by atoms with E-state index in [0.717, 1.165) is 17.7 Å². The molecule has 0 aliphatic carbocycles. The van der Waals surface area contributed by atoms with Crippen molar-refractivity contribution in [3.8, 4) is 0 Å². The molecule has 1 aliphatic rings. The molecule has 0 saturated carbocycles. The molecule has 1 atom stereocenters. The van der Waals surface area contributed by atoms with Gasteiger partial charge in [-0.2, -0.15) is 0 Å². The van der Waals surface area contributed by atoms with Gasteiger partial charge in [0.2, 0.25) is 0 Å². The van der Waals surface area contributed by atoms with Gasteiger partial charge in [0, 0.05) is 11.7 Å². The van der Waals surface area contributed by atoms with Crippen LogP contribution in [0.15, 0.2) is 42.5 Å². The van der Waals surface area contributed by atoms with Crippen molar-refractivity contribution in [1.29, 1.82) is 0 Å². The van der Waals surface area contributed by atoms with Crippen LogP contribution in [0.4, 0.5) is 10.1 Å². The third-order valence-electron chi connectivity index (χ3n) is 3.35. The first-order chi connectivity index (χ1) is 8.24. The summed E-state index contributed by atoms with van der Waals surface area (Å²) in [4.78, 5) is 0. The van der Waals surface area contributed by atoms with Crippen molar-refractivity contribution in [1.82, 2.24) is 0 Å². The van der Waals surface area contributed by atoms with E-state index in [1.807, 2.05) is 12.1 Å². The lowest BCUT2D eigenvalue weighted by Crippen LogP contribution is -2.06. The fourth-order valence-electron chi connectivity index (χ4n) is 2.47. The van der Waals surface area contributed by atoms with Crippen LogP contribution in [0.3, 0.4) is 0 Å². The van der Waals surface area contributed by atoms with Gasteiger partial charge in [0.1, 0.15) is 5.82 Å². The van der Waals surface area contributed by atoms with E-state index in [-0.39, 0.29) is 11.9 Å². The minimum atomic E-state index is -0.186. The molecular weight excluding hydrogens is 213 g/mol. The largest absolute Gasteiger partial charge is 0.378 e. The lowest BCUT2D eigenvalue weighted by molar-refractivity contribution is 0.627. The molecule has 0 aromatic heterocycles. The maximum atomic E-state index is 13.2. The summed E-state index contributed by atoms with van der Waals surface area (Å²) in [6.07, 6.45) is 0.864. The van der Waals surface area contributed by atoms with Crippen molar-refractivity contribution in [2.45, 2.75) is 19.4 Å². The van der Waals surface area contributed by atoms with Crippen LogP contribution in [-0.2, 0) is 6.42 Å². The summed E-state index contributed by atoms with van der Waals surface area (Å²) in [6.45, 7) is 2.11. The monoisotopic (exact) mass is 227 g/mol. The van der Waals surface area contributed by atoms with Crippen LogP contribution >= 0.6 is 0 Å². The second kappa shape index (κ2) is 3.88. The van der Waals surface area contributed by atoms with E-state index in [9.17, 15) is 4.39 Å². The minimum absolute atomic E-state index is 0.186. The molecule has 0 spiro atoms. The molecule has 0 radical (unpaired) electrons. The van der Waals surface area contributed by atoms with Crippen LogP contribution in [-0.4, -0.2) is 0 Å². The first-order valence-corrected chi connectivity index (χ1v) is 5.87. The van der Waals surface area contributed by atoms with Gasteiger partial charge in [-0.05, 0) is 42.2 Å². The number of halogens is 1. The Bertz CT molecular complexity index is 563. The Hall–Kier alpha value is -1.83. The molecule has 0 unspecified atom stereocenters. The maximum absolute atomic E-state index is 13.2. The van der Waals surface area contributed by atoms with Crippen molar-refractivity contribution in [3.05, 3.63) is 65.0 Å². The van der Waals surface area contributed by atoms with E-state index in [1.165, 1.54) is 17.2 Å². The van der Waals surface area contributed by atoms with Gasteiger partial charge in [-0.1, -0.05) is 30.3 Å². The van der Waals surface area contributed by atoms with Gasteiger partial charge in [0.05, 0.1) is 0 Å². The molecule has 3 rings (SSSR count). The van der Waals surface area contributed by atoms with Gasteiger partial charge in [0.25, 0.3) is 0 Å². The second-order valence-electron chi connectivity index (χ2n) is 4.54. The van der Waals surface area contributed by atoms with Crippen molar-refractivity contribution in [2.24, 2.45) is 0 Å². The van der Waals surface area contributed by atoms with Gasteiger partial charge in [-0.3, -0.25) is 0 Å². The molecule has 1 aliphatic heterocycles. The molecule has 0 saturated heterocycles. The topological polar surface area (TPSA) is 12.0 Å². The Labute approximate surface area is 100 Å². The van der Waals surface area contributed by atoms with E-state index < -0.39 is 0 Å². The zero-order valence-corrected chi connectivity index (χ0v) is 9.70. The summed E-state index contributed by atoms with van der Waals surface area (Å²) >= 11 is 0. The molecule has 2 aromatic rings. The molecule has 0 amide bonds. The Morgan fingerprint density at radius 3 is 2.82 bits per heavy atom. The standard InChI is InChI=1S/C15H14FN/c1-10-14-5-3-2-4-11(14)8-12-6-7-13(16)9-15(12)17-10/h2-7,9-10,17H,8H2,1H3/t10-/m0/s1.